The minimum absolute atomic E-state index is 0.0982. The summed E-state index contributed by atoms with van der Waals surface area (Å²) >= 11 is 0. The van der Waals surface area contributed by atoms with Crippen molar-refractivity contribution in [2.24, 2.45) is 5.92 Å². The summed E-state index contributed by atoms with van der Waals surface area (Å²) in [6.45, 7) is 1.65. The van der Waals surface area contributed by atoms with Crippen LogP contribution in [-0.2, 0) is 9.53 Å². The van der Waals surface area contributed by atoms with Gasteiger partial charge in [-0.3, -0.25) is 14.9 Å². The Morgan fingerprint density at radius 1 is 1.30 bits per heavy atom. The van der Waals surface area contributed by atoms with E-state index in [0.29, 0.717) is 5.92 Å². The van der Waals surface area contributed by atoms with Crippen molar-refractivity contribution >= 4 is 17.6 Å². The molecule has 1 N–H and O–H groups in total. The Hall–Kier alpha value is -2.44. The number of hydrogen-bond donors (Lipinski definition) is 1. The summed E-state index contributed by atoms with van der Waals surface area (Å²) in [5.74, 6) is -0.849. The lowest BCUT2D eigenvalue weighted by Crippen LogP contribution is -2.42. The molecule has 0 bridgehead atoms. The molecule has 23 heavy (non-hydrogen) atoms. The highest BCUT2D eigenvalue weighted by atomic mass is 16.6. The normalized spacial score (nSPS) is 20.6. The maximum Gasteiger partial charge on any atom is 0.345 e. The summed E-state index contributed by atoms with van der Waals surface area (Å²) in [7, 11) is 0. The lowest BCUT2D eigenvalue weighted by Gasteiger charge is -2.29. The van der Waals surface area contributed by atoms with Crippen LogP contribution in [-0.4, -0.2) is 29.4 Å². The molecule has 1 amide bonds. The van der Waals surface area contributed by atoms with Crippen molar-refractivity contribution in [3.63, 3.8) is 0 Å². The van der Waals surface area contributed by atoms with E-state index >= 15 is 0 Å². The molecule has 0 saturated heterocycles. The molecule has 1 aromatic carbocycles. The molecule has 124 valence electrons. The highest BCUT2D eigenvalue weighted by Gasteiger charge is 2.24. The van der Waals surface area contributed by atoms with Crippen LogP contribution in [0.1, 0.15) is 43.0 Å². The van der Waals surface area contributed by atoms with Gasteiger partial charge in [0.15, 0.2) is 6.61 Å². The van der Waals surface area contributed by atoms with Gasteiger partial charge in [-0.15, -0.1) is 0 Å². The third-order valence-corrected chi connectivity index (χ3v) is 4.11. The molecule has 0 unspecified atom stereocenters. The second kappa shape index (κ2) is 7.71. The molecular formula is C16H20N2O5. The number of para-hydroxylation sites is 1. The Balaban J connectivity index is 1.89. The lowest BCUT2D eigenvalue weighted by atomic mass is 9.86. The second-order valence-electron chi connectivity index (χ2n) is 5.79. The SMILES string of the molecule is C[C@@H]1CCCC[C@H]1NC(=O)COC(=O)c1ccccc1[N+](=O)[O-]. The third-order valence-electron chi connectivity index (χ3n) is 4.11. The number of esters is 1. The Morgan fingerprint density at radius 2 is 2.00 bits per heavy atom. The number of carbonyl (C=O) groups excluding carboxylic acids is 2. The standard InChI is InChI=1S/C16H20N2O5/c1-11-6-2-4-8-13(11)17-15(19)10-23-16(20)12-7-3-5-9-14(12)18(21)22/h3,5,7,9,11,13H,2,4,6,8,10H2,1H3,(H,17,19)/t11-,13-/m1/s1. The smallest absolute Gasteiger partial charge is 0.345 e. The average Bonchev–Trinajstić information content (AvgIpc) is 2.54. The van der Waals surface area contributed by atoms with Gasteiger partial charge in [0.05, 0.1) is 4.92 Å². The second-order valence-corrected chi connectivity index (χ2v) is 5.79. The van der Waals surface area contributed by atoms with E-state index in [4.69, 9.17) is 4.74 Å². The first-order chi connectivity index (χ1) is 11.0. The van der Waals surface area contributed by atoms with Crippen LogP contribution in [0, 0.1) is 16.0 Å². The number of nitro benzene ring substituents is 1. The molecule has 1 aromatic rings. The molecule has 7 heteroatoms. The first-order valence-electron chi connectivity index (χ1n) is 7.69. The zero-order valence-corrected chi connectivity index (χ0v) is 13.0. The summed E-state index contributed by atoms with van der Waals surface area (Å²) in [5.41, 5.74) is -0.491. The maximum absolute atomic E-state index is 11.9. The molecule has 2 atom stereocenters. The van der Waals surface area contributed by atoms with Crippen LogP contribution in [0.3, 0.4) is 0 Å². The van der Waals surface area contributed by atoms with E-state index in [2.05, 4.69) is 12.2 Å². The number of nitrogens with zero attached hydrogens (tertiary/aromatic N) is 1. The van der Waals surface area contributed by atoms with Gasteiger partial charge in [-0.1, -0.05) is 31.9 Å². The summed E-state index contributed by atoms with van der Waals surface area (Å²) < 4.78 is 4.90. The predicted octanol–water partition coefficient (Wildman–Crippen LogP) is 2.45. The summed E-state index contributed by atoms with van der Waals surface area (Å²) in [6, 6.07) is 5.60. The van der Waals surface area contributed by atoms with Gasteiger partial charge in [0, 0.05) is 12.1 Å². The van der Waals surface area contributed by atoms with Crippen molar-refractivity contribution in [3.05, 3.63) is 39.9 Å². The van der Waals surface area contributed by atoms with E-state index in [1.165, 1.54) is 30.7 Å². The van der Waals surface area contributed by atoms with Crippen LogP contribution in [0.4, 0.5) is 5.69 Å². The van der Waals surface area contributed by atoms with E-state index in [1.54, 1.807) is 0 Å². The number of benzene rings is 1. The summed E-state index contributed by atoms with van der Waals surface area (Å²) in [4.78, 5) is 34.0. The first kappa shape index (κ1) is 16.9. The van der Waals surface area contributed by atoms with Crippen LogP contribution < -0.4 is 5.32 Å². The molecule has 0 aliphatic heterocycles. The highest BCUT2D eigenvalue weighted by Crippen LogP contribution is 2.23. The summed E-state index contributed by atoms with van der Waals surface area (Å²) in [5, 5.41) is 13.7. The molecule has 0 aromatic heterocycles. The van der Waals surface area contributed by atoms with Crippen molar-refractivity contribution in [3.8, 4) is 0 Å². The van der Waals surface area contributed by atoms with Crippen molar-refractivity contribution in [2.75, 3.05) is 6.61 Å². The first-order valence-corrected chi connectivity index (χ1v) is 7.69. The predicted molar refractivity (Wildman–Crippen MR) is 82.9 cm³/mol. The zero-order chi connectivity index (χ0) is 16.8. The van der Waals surface area contributed by atoms with Crippen molar-refractivity contribution in [1.82, 2.24) is 5.32 Å². The Labute approximate surface area is 134 Å². The molecule has 1 fully saturated rings. The van der Waals surface area contributed by atoms with E-state index in [9.17, 15) is 19.7 Å². The van der Waals surface area contributed by atoms with E-state index < -0.39 is 17.5 Å². The minimum Gasteiger partial charge on any atom is -0.452 e. The quantitative estimate of drug-likeness (QED) is 0.510. The van der Waals surface area contributed by atoms with Gasteiger partial charge in [0.2, 0.25) is 0 Å². The molecule has 0 spiro atoms. The Morgan fingerprint density at radius 3 is 2.70 bits per heavy atom. The molecule has 1 saturated carbocycles. The molecule has 0 heterocycles. The van der Waals surface area contributed by atoms with Gasteiger partial charge >= 0.3 is 5.97 Å². The van der Waals surface area contributed by atoms with Gasteiger partial charge < -0.3 is 10.1 Å². The Bertz CT molecular complexity index is 602. The van der Waals surface area contributed by atoms with Gasteiger partial charge in [0.1, 0.15) is 5.56 Å². The fourth-order valence-corrected chi connectivity index (χ4v) is 2.79. The number of nitro groups is 1. The third kappa shape index (κ3) is 4.51. The van der Waals surface area contributed by atoms with E-state index in [0.717, 1.165) is 19.3 Å². The lowest BCUT2D eigenvalue weighted by molar-refractivity contribution is -0.385. The van der Waals surface area contributed by atoms with Crippen molar-refractivity contribution in [2.45, 2.75) is 38.6 Å². The van der Waals surface area contributed by atoms with Gasteiger partial charge in [-0.25, -0.2) is 4.79 Å². The van der Waals surface area contributed by atoms with E-state index in [-0.39, 0.29) is 23.2 Å². The van der Waals surface area contributed by atoms with Crippen LogP contribution in [0.15, 0.2) is 24.3 Å². The minimum atomic E-state index is -0.871. The molecule has 1 aliphatic carbocycles. The highest BCUT2D eigenvalue weighted by molar-refractivity contribution is 5.95. The van der Waals surface area contributed by atoms with Gasteiger partial charge in [0.25, 0.3) is 11.6 Å². The molecule has 7 nitrogen and oxygen atoms in total. The fraction of sp³-hybridized carbons (Fsp3) is 0.500. The number of ether oxygens (including phenoxy) is 1. The number of hydrogen-bond acceptors (Lipinski definition) is 5. The number of carbonyl (C=O) groups is 2. The molecule has 0 radical (unpaired) electrons. The largest absolute Gasteiger partial charge is 0.452 e. The fourth-order valence-electron chi connectivity index (χ4n) is 2.79. The number of nitrogens with one attached hydrogen (secondary N) is 1. The van der Waals surface area contributed by atoms with Crippen LogP contribution >= 0.6 is 0 Å². The zero-order valence-electron chi connectivity index (χ0n) is 13.0. The molecular weight excluding hydrogens is 300 g/mol. The van der Waals surface area contributed by atoms with Crippen LogP contribution in [0.25, 0.3) is 0 Å². The monoisotopic (exact) mass is 320 g/mol. The molecule has 2 rings (SSSR count). The topological polar surface area (TPSA) is 98.5 Å². The van der Waals surface area contributed by atoms with Gasteiger partial charge in [-0.2, -0.15) is 0 Å². The van der Waals surface area contributed by atoms with E-state index in [1.807, 2.05) is 0 Å². The maximum atomic E-state index is 11.9. The van der Waals surface area contributed by atoms with Crippen molar-refractivity contribution in [1.29, 1.82) is 0 Å². The number of rotatable bonds is 5. The van der Waals surface area contributed by atoms with Crippen LogP contribution in [0.5, 0.6) is 0 Å². The Kier molecular flexibility index (Phi) is 5.67. The van der Waals surface area contributed by atoms with Gasteiger partial charge in [-0.05, 0) is 24.8 Å². The van der Waals surface area contributed by atoms with Crippen LogP contribution in [0.2, 0.25) is 0 Å². The summed E-state index contributed by atoms with van der Waals surface area (Å²) in [6.07, 6.45) is 4.23. The average molecular weight is 320 g/mol. The molecule has 1 aliphatic rings. The number of amides is 1. The van der Waals surface area contributed by atoms with Crippen molar-refractivity contribution < 1.29 is 19.2 Å².